The van der Waals surface area contributed by atoms with Crippen molar-refractivity contribution in [2.24, 2.45) is 5.41 Å². The van der Waals surface area contributed by atoms with Crippen LogP contribution >= 0.6 is 0 Å². The molecule has 134 valence electrons. The fraction of sp³-hybridized carbons (Fsp3) is 0.476. The Morgan fingerprint density at radius 2 is 1.84 bits per heavy atom. The molecule has 1 fully saturated rings. The first kappa shape index (κ1) is 17.9. The number of benzene rings is 1. The molecule has 1 saturated heterocycles. The van der Waals surface area contributed by atoms with Crippen molar-refractivity contribution in [2.75, 3.05) is 39.3 Å². The van der Waals surface area contributed by atoms with Crippen LogP contribution < -0.4 is 0 Å². The summed E-state index contributed by atoms with van der Waals surface area (Å²) in [7, 11) is 0. The van der Waals surface area contributed by atoms with Crippen molar-refractivity contribution in [3.8, 4) is 5.75 Å². The van der Waals surface area contributed by atoms with Crippen LogP contribution in [0.1, 0.15) is 18.9 Å². The third-order valence-electron chi connectivity index (χ3n) is 5.41. The number of Topliss-reactive ketones (excluding diaryl/α,β-unsaturated/α-hetero) is 1. The number of hydrogen-bond acceptors (Lipinski definition) is 4. The molecule has 1 heterocycles. The summed E-state index contributed by atoms with van der Waals surface area (Å²) >= 11 is 0. The second-order valence-corrected chi connectivity index (χ2v) is 7.33. The molecule has 0 bridgehead atoms. The summed E-state index contributed by atoms with van der Waals surface area (Å²) in [4.78, 5) is 17.3. The second kappa shape index (κ2) is 7.98. The fourth-order valence-corrected chi connectivity index (χ4v) is 3.49. The molecule has 3 rings (SSSR count). The average molecular weight is 340 g/mol. The van der Waals surface area contributed by atoms with E-state index < -0.39 is 0 Å². The van der Waals surface area contributed by atoms with Gasteiger partial charge in [0, 0.05) is 38.1 Å². The maximum absolute atomic E-state index is 12.6. The fourth-order valence-electron chi connectivity index (χ4n) is 3.49. The zero-order valence-electron chi connectivity index (χ0n) is 15.0. The highest BCUT2D eigenvalue weighted by Crippen LogP contribution is 2.28. The lowest BCUT2D eigenvalue weighted by atomic mass is 9.79. The normalized spacial score (nSPS) is 24.5. The highest BCUT2D eigenvalue weighted by atomic mass is 16.3. The number of para-hydroxylation sites is 1. The third-order valence-corrected chi connectivity index (χ3v) is 5.41. The Labute approximate surface area is 150 Å². The first-order chi connectivity index (χ1) is 12.1. The van der Waals surface area contributed by atoms with Crippen LogP contribution in [0.5, 0.6) is 5.75 Å². The number of allylic oxidation sites excluding steroid dienone is 4. The Morgan fingerprint density at radius 1 is 1.12 bits per heavy atom. The molecule has 1 atom stereocenters. The number of rotatable bonds is 6. The summed E-state index contributed by atoms with van der Waals surface area (Å²) in [5, 5.41) is 9.85. The van der Waals surface area contributed by atoms with Crippen LogP contribution in [0.4, 0.5) is 0 Å². The van der Waals surface area contributed by atoms with E-state index in [0.717, 1.165) is 51.1 Å². The molecule has 1 aromatic carbocycles. The highest BCUT2D eigenvalue weighted by molar-refractivity contribution is 5.88. The van der Waals surface area contributed by atoms with Gasteiger partial charge in [0.1, 0.15) is 5.75 Å². The molecule has 1 aliphatic heterocycles. The summed E-state index contributed by atoms with van der Waals surface area (Å²) in [5.74, 6) is 0.699. The Hall–Kier alpha value is -1.91. The quantitative estimate of drug-likeness (QED) is 0.865. The Kier molecular flexibility index (Phi) is 5.71. The third kappa shape index (κ3) is 4.59. The summed E-state index contributed by atoms with van der Waals surface area (Å²) in [6, 6.07) is 7.55. The van der Waals surface area contributed by atoms with Gasteiger partial charge < -0.3 is 10.0 Å². The van der Waals surface area contributed by atoms with Gasteiger partial charge >= 0.3 is 0 Å². The van der Waals surface area contributed by atoms with Crippen molar-refractivity contribution < 1.29 is 9.90 Å². The number of hydrogen-bond donors (Lipinski definition) is 1. The van der Waals surface area contributed by atoms with Crippen molar-refractivity contribution in [3.63, 3.8) is 0 Å². The molecule has 4 nitrogen and oxygen atoms in total. The van der Waals surface area contributed by atoms with E-state index in [4.69, 9.17) is 0 Å². The van der Waals surface area contributed by atoms with E-state index in [1.54, 1.807) is 6.07 Å². The monoisotopic (exact) mass is 340 g/mol. The Balaban J connectivity index is 1.43. The van der Waals surface area contributed by atoms with E-state index in [1.807, 2.05) is 43.4 Å². The number of nitrogens with zero attached hydrogens (tertiary/aromatic N) is 2. The van der Waals surface area contributed by atoms with Crippen molar-refractivity contribution >= 4 is 5.78 Å². The average Bonchev–Trinajstić information content (AvgIpc) is 2.63. The van der Waals surface area contributed by atoms with Gasteiger partial charge in [-0.3, -0.25) is 9.69 Å². The van der Waals surface area contributed by atoms with E-state index in [-0.39, 0.29) is 5.41 Å². The summed E-state index contributed by atoms with van der Waals surface area (Å²) in [5.41, 5.74) is 0.668. The number of carbonyl (C=O) groups is 1. The van der Waals surface area contributed by atoms with Crippen LogP contribution in [0.25, 0.3) is 0 Å². The maximum atomic E-state index is 12.6. The molecule has 1 aliphatic carbocycles. The SMILES string of the molecule is CC1(C(=O)CN2CCN(CCc3ccccc3O)CC2)C=CC=CC1. The topological polar surface area (TPSA) is 43.8 Å². The number of phenolic OH excluding ortho intramolecular Hbond substituents is 1. The molecule has 25 heavy (non-hydrogen) atoms. The van der Waals surface area contributed by atoms with Gasteiger partial charge in [0.25, 0.3) is 0 Å². The van der Waals surface area contributed by atoms with E-state index in [9.17, 15) is 9.90 Å². The van der Waals surface area contributed by atoms with Gasteiger partial charge in [-0.2, -0.15) is 0 Å². The molecular weight excluding hydrogens is 312 g/mol. The largest absolute Gasteiger partial charge is 0.508 e. The van der Waals surface area contributed by atoms with E-state index in [1.165, 1.54) is 0 Å². The van der Waals surface area contributed by atoms with Crippen molar-refractivity contribution in [2.45, 2.75) is 19.8 Å². The van der Waals surface area contributed by atoms with E-state index in [0.29, 0.717) is 18.1 Å². The predicted octanol–water partition coefficient (Wildman–Crippen LogP) is 2.64. The second-order valence-electron chi connectivity index (χ2n) is 7.33. The van der Waals surface area contributed by atoms with Gasteiger partial charge in [-0.15, -0.1) is 0 Å². The lowest BCUT2D eigenvalue weighted by Crippen LogP contribution is -2.49. The van der Waals surface area contributed by atoms with Crippen LogP contribution in [0, 0.1) is 5.41 Å². The lowest BCUT2D eigenvalue weighted by Gasteiger charge is -2.36. The van der Waals surface area contributed by atoms with Gasteiger partial charge in [-0.1, -0.05) is 42.5 Å². The Morgan fingerprint density at radius 3 is 2.52 bits per heavy atom. The van der Waals surface area contributed by atoms with Crippen LogP contribution in [0.15, 0.2) is 48.6 Å². The molecule has 4 heteroatoms. The van der Waals surface area contributed by atoms with Crippen LogP contribution in [-0.4, -0.2) is 60.0 Å². The maximum Gasteiger partial charge on any atom is 0.156 e. The zero-order valence-corrected chi connectivity index (χ0v) is 15.0. The van der Waals surface area contributed by atoms with Crippen LogP contribution in [0.2, 0.25) is 0 Å². The summed E-state index contributed by atoms with van der Waals surface area (Å²) < 4.78 is 0. The van der Waals surface area contributed by atoms with Gasteiger partial charge in [-0.05, 0) is 31.4 Å². The minimum absolute atomic E-state index is 0.316. The molecule has 0 radical (unpaired) electrons. The molecule has 1 aromatic rings. The minimum atomic E-state index is -0.337. The molecule has 0 spiro atoms. The molecule has 0 saturated carbocycles. The summed E-state index contributed by atoms with van der Waals surface area (Å²) in [6.07, 6.45) is 9.78. The van der Waals surface area contributed by atoms with E-state index >= 15 is 0 Å². The van der Waals surface area contributed by atoms with E-state index in [2.05, 4.69) is 15.9 Å². The number of piperazine rings is 1. The van der Waals surface area contributed by atoms with Crippen molar-refractivity contribution in [1.29, 1.82) is 0 Å². The van der Waals surface area contributed by atoms with Gasteiger partial charge in [0.05, 0.1) is 6.54 Å². The van der Waals surface area contributed by atoms with Crippen molar-refractivity contribution in [1.82, 2.24) is 9.80 Å². The standard InChI is InChI=1S/C21H28N2O2/c1-21(10-5-2-6-11-21)20(25)17-23-15-13-22(14-16-23)12-9-18-7-3-4-8-19(18)24/h2-8,10,24H,9,11-17H2,1H3. The smallest absolute Gasteiger partial charge is 0.156 e. The van der Waals surface area contributed by atoms with Gasteiger partial charge in [0.15, 0.2) is 5.78 Å². The molecular formula is C21H28N2O2. The van der Waals surface area contributed by atoms with Crippen molar-refractivity contribution in [3.05, 3.63) is 54.1 Å². The molecule has 2 aliphatic rings. The highest BCUT2D eigenvalue weighted by Gasteiger charge is 2.31. The molecule has 0 aromatic heterocycles. The number of phenols is 1. The lowest BCUT2D eigenvalue weighted by molar-refractivity contribution is -0.127. The number of carbonyl (C=O) groups excluding carboxylic acids is 1. The predicted molar refractivity (Wildman–Crippen MR) is 101 cm³/mol. The summed E-state index contributed by atoms with van der Waals surface area (Å²) in [6.45, 7) is 7.36. The first-order valence-electron chi connectivity index (χ1n) is 9.16. The van der Waals surface area contributed by atoms with Crippen LogP contribution in [0.3, 0.4) is 0 Å². The molecule has 1 N–H and O–H groups in total. The first-order valence-corrected chi connectivity index (χ1v) is 9.16. The van der Waals surface area contributed by atoms with Crippen LogP contribution in [-0.2, 0) is 11.2 Å². The zero-order chi connectivity index (χ0) is 17.7. The van der Waals surface area contributed by atoms with Gasteiger partial charge in [0.2, 0.25) is 0 Å². The van der Waals surface area contributed by atoms with Gasteiger partial charge in [-0.25, -0.2) is 0 Å². The number of ketones is 1. The molecule has 1 unspecified atom stereocenters. The number of aromatic hydroxyl groups is 1. The minimum Gasteiger partial charge on any atom is -0.508 e. The Bertz CT molecular complexity index is 660. The molecule has 0 amide bonds.